The third kappa shape index (κ3) is 13.1. The van der Waals surface area contributed by atoms with Crippen LogP contribution in [0.5, 0.6) is 11.5 Å². The van der Waals surface area contributed by atoms with Gasteiger partial charge in [-0.1, -0.05) is 105 Å². The Morgan fingerprint density at radius 2 is 0.782 bits per heavy atom. The molecule has 55 heavy (non-hydrogen) atoms. The van der Waals surface area contributed by atoms with Crippen molar-refractivity contribution >= 4 is 0 Å². The number of unbranched alkanes of at least 4 members (excludes halogenated alkanes) is 6. The van der Waals surface area contributed by atoms with E-state index in [0.717, 1.165) is 71.7 Å². The lowest BCUT2D eigenvalue weighted by Gasteiger charge is -2.38. The molecule has 308 valence electrons. The Bertz CT molecular complexity index is 1250. The molecule has 0 aliphatic heterocycles. The van der Waals surface area contributed by atoms with Crippen molar-refractivity contribution in [2.24, 2.45) is 47.3 Å². The molecule has 0 unspecified atom stereocenters. The summed E-state index contributed by atoms with van der Waals surface area (Å²) >= 11 is 0. The van der Waals surface area contributed by atoms with Crippen LogP contribution in [0.4, 0.5) is 0 Å². The van der Waals surface area contributed by atoms with Gasteiger partial charge in [-0.15, -0.1) is 0 Å². The quantitative estimate of drug-likeness (QED) is 0.126. The van der Waals surface area contributed by atoms with E-state index in [2.05, 4.69) is 39.8 Å². The van der Waals surface area contributed by atoms with Gasteiger partial charge in [-0.3, -0.25) is 9.97 Å². The van der Waals surface area contributed by atoms with Gasteiger partial charge in [0.1, 0.15) is 11.5 Å². The van der Waals surface area contributed by atoms with E-state index < -0.39 is 0 Å². The van der Waals surface area contributed by atoms with E-state index in [1.807, 2.05) is 12.4 Å². The van der Waals surface area contributed by atoms with Gasteiger partial charge in [0, 0.05) is 11.4 Å². The van der Waals surface area contributed by atoms with E-state index in [1.54, 1.807) is 0 Å². The summed E-state index contributed by atoms with van der Waals surface area (Å²) in [6.45, 7) is 9.41. The molecule has 0 amide bonds. The molecule has 4 aliphatic carbocycles. The van der Waals surface area contributed by atoms with Crippen molar-refractivity contribution < 1.29 is 4.74 Å². The number of hydrogen-bond donors (Lipinski definition) is 0. The highest BCUT2D eigenvalue weighted by atomic mass is 16.5. The second kappa shape index (κ2) is 22.9. The second-order valence-corrected chi connectivity index (χ2v) is 19.6. The van der Waals surface area contributed by atoms with E-state index in [9.17, 15) is 0 Å². The first kappa shape index (κ1) is 42.7. The minimum atomic E-state index is 0.788. The fourth-order valence-electron chi connectivity index (χ4n) is 12.0. The first-order chi connectivity index (χ1) is 27.0. The summed E-state index contributed by atoms with van der Waals surface area (Å²) in [5, 5.41) is 0. The number of nitrogens with zero attached hydrogens (tertiary/aromatic N) is 2. The highest BCUT2D eigenvalue weighted by Crippen LogP contribution is 2.44. The Balaban J connectivity index is 1.09. The number of aryl methyl sites for hydroxylation is 2. The van der Waals surface area contributed by atoms with Crippen molar-refractivity contribution in [3.8, 4) is 11.5 Å². The van der Waals surface area contributed by atoms with Gasteiger partial charge < -0.3 is 4.74 Å². The topological polar surface area (TPSA) is 35.0 Å². The summed E-state index contributed by atoms with van der Waals surface area (Å²) in [6, 6.07) is 4.77. The van der Waals surface area contributed by atoms with Crippen LogP contribution in [0.2, 0.25) is 0 Å². The van der Waals surface area contributed by atoms with Crippen molar-refractivity contribution in [1.29, 1.82) is 0 Å². The standard InChI is InChI=1S/C52H84N2O/c1-5-9-11-13-15-51-47(33-41-21-29-45(30-22-41)43-25-17-39(7-3)18-26-43)35-49(37-53-51)55-50-36-48(52(54-38-50)16-14-12-10-6-2)34-42-23-31-46(32-24-42)44-27-19-40(8-4)20-28-44/h35-46H,5-34H2,1-4H3. The maximum absolute atomic E-state index is 6.74. The van der Waals surface area contributed by atoms with Gasteiger partial charge in [0.2, 0.25) is 0 Å². The highest BCUT2D eigenvalue weighted by Gasteiger charge is 2.32. The number of aromatic nitrogens is 2. The van der Waals surface area contributed by atoms with Gasteiger partial charge in [-0.25, -0.2) is 0 Å². The van der Waals surface area contributed by atoms with E-state index in [-0.39, 0.29) is 0 Å². The molecule has 3 nitrogen and oxygen atoms in total. The van der Waals surface area contributed by atoms with Crippen LogP contribution in [0.3, 0.4) is 0 Å². The van der Waals surface area contributed by atoms with E-state index in [4.69, 9.17) is 14.7 Å². The van der Waals surface area contributed by atoms with Crippen molar-refractivity contribution in [2.75, 3.05) is 0 Å². The maximum atomic E-state index is 6.74. The van der Waals surface area contributed by atoms with Crippen molar-refractivity contribution in [1.82, 2.24) is 9.97 Å². The monoisotopic (exact) mass is 753 g/mol. The molecular formula is C52H84N2O. The van der Waals surface area contributed by atoms with Crippen LogP contribution in [0, 0.1) is 47.3 Å². The lowest BCUT2D eigenvalue weighted by molar-refractivity contribution is 0.145. The van der Waals surface area contributed by atoms with Gasteiger partial charge >= 0.3 is 0 Å². The van der Waals surface area contributed by atoms with Crippen LogP contribution in [-0.2, 0) is 25.7 Å². The van der Waals surface area contributed by atoms with Gasteiger partial charge in [0.15, 0.2) is 0 Å². The number of pyridine rings is 2. The SMILES string of the molecule is CCCCCCc1ncc(Oc2cnc(CCCCCC)c(CC3CCC(C4CCC(CC)CC4)CC3)c2)cc1CC1CCC(C2CCC(CC)CC2)CC1. The number of hydrogen-bond acceptors (Lipinski definition) is 3. The molecule has 0 spiro atoms. The number of ether oxygens (including phenoxy) is 1. The van der Waals surface area contributed by atoms with Crippen LogP contribution in [-0.4, -0.2) is 9.97 Å². The first-order valence-electron chi connectivity index (χ1n) is 24.7. The van der Waals surface area contributed by atoms with Crippen molar-refractivity contribution in [3.05, 3.63) is 47.0 Å². The molecule has 3 heteroatoms. The van der Waals surface area contributed by atoms with E-state index >= 15 is 0 Å². The summed E-state index contributed by atoms with van der Waals surface area (Å²) in [4.78, 5) is 10.3. The average molecular weight is 753 g/mol. The van der Waals surface area contributed by atoms with Crippen molar-refractivity contribution in [3.63, 3.8) is 0 Å². The number of rotatable bonds is 20. The molecule has 0 atom stereocenters. The first-order valence-corrected chi connectivity index (χ1v) is 24.7. The van der Waals surface area contributed by atoms with Gasteiger partial charge in [-0.2, -0.15) is 0 Å². The Hall–Kier alpha value is -1.90. The Morgan fingerprint density at radius 3 is 1.11 bits per heavy atom. The molecular weight excluding hydrogens is 669 g/mol. The third-order valence-electron chi connectivity index (χ3n) is 15.9. The molecule has 4 fully saturated rings. The fraction of sp³-hybridized carbons (Fsp3) is 0.808. The molecule has 0 N–H and O–H groups in total. The summed E-state index contributed by atoms with van der Waals surface area (Å²) in [6.07, 6.45) is 45.0. The van der Waals surface area contributed by atoms with E-state index in [1.165, 1.54) is 202 Å². The minimum Gasteiger partial charge on any atom is -0.454 e. The van der Waals surface area contributed by atoms with Gasteiger partial charge in [0.05, 0.1) is 12.4 Å². The molecule has 6 rings (SSSR count). The molecule has 0 radical (unpaired) electrons. The Labute approximate surface area is 339 Å². The van der Waals surface area contributed by atoms with Crippen LogP contribution in [0.1, 0.15) is 217 Å². The lowest BCUT2D eigenvalue weighted by atomic mass is 9.68. The Morgan fingerprint density at radius 1 is 0.436 bits per heavy atom. The zero-order valence-electron chi connectivity index (χ0n) is 36.4. The minimum absolute atomic E-state index is 0.788. The zero-order valence-corrected chi connectivity index (χ0v) is 36.4. The molecule has 0 saturated heterocycles. The van der Waals surface area contributed by atoms with E-state index in [0.29, 0.717) is 0 Å². The van der Waals surface area contributed by atoms with Crippen LogP contribution >= 0.6 is 0 Å². The predicted molar refractivity (Wildman–Crippen MR) is 234 cm³/mol. The molecule has 0 bridgehead atoms. The zero-order chi connectivity index (χ0) is 38.2. The third-order valence-corrected chi connectivity index (χ3v) is 15.9. The molecule has 2 aromatic heterocycles. The van der Waals surface area contributed by atoms with Crippen molar-refractivity contribution in [2.45, 2.75) is 220 Å². The Kier molecular flexibility index (Phi) is 17.8. The van der Waals surface area contributed by atoms with Gasteiger partial charge in [-0.05, 0) is 186 Å². The summed E-state index contributed by atoms with van der Waals surface area (Å²) < 4.78 is 6.74. The molecule has 4 aliphatic rings. The largest absolute Gasteiger partial charge is 0.454 e. The van der Waals surface area contributed by atoms with Crippen LogP contribution in [0.25, 0.3) is 0 Å². The molecule has 4 saturated carbocycles. The summed E-state index contributed by atoms with van der Waals surface area (Å²) in [7, 11) is 0. The lowest BCUT2D eigenvalue weighted by Crippen LogP contribution is -2.26. The smallest absolute Gasteiger partial charge is 0.146 e. The predicted octanol–water partition coefficient (Wildman–Crippen LogP) is 15.6. The fourth-order valence-corrected chi connectivity index (χ4v) is 12.0. The summed E-state index contributed by atoms with van der Waals surface area (Å²) in [5.74, 6) is 9.38. The average Bonchev–Trinajstić information content (AvgIpc) is 3.23. The van der Waals surface area contributed by atoms with Crippen LogP contribution in [0.15, 0.2) is 24.5 Å². The van der Waals surface area contributed by atoms with Crippen LogP contribution < -0.4 is 4.74 Å². The highest BCUT2D eigenvalue weighted by molar-refractivity contribution is 5.36. The molecule has 0 aromatic carbocycles. The molecule has 2 heterocycles. The summed E-state index contributed by atoms with van der Waals surface area (Å²) in [5.41, 5.74) is 5.58. The van der Waals surface area contributed by atoms with Gasteiger partial charge in [0.25, 0.3) is 0 Å². The second-order valence-electron chi connectivity index (χ2n) is 19.6. The normalized spacial score (nSPS) is 28.9. The maximum Gasteiger partial charge on any atom is 0.146 e. The molecule has 2 aromatic rings.